The molecule has 0 unspecified atom stereocenters. The van der Waals surface area contributed by atoms with Crippen LogP contribution in [0.1, 0.15) is 25.1 Å². The topological polar surface area (TPSA) is 71.7 Å². The number of primary amides is 1. The predicted octanol–water partition coefficient (Wildman–Crippen LogP) is 1.31. The van der Waals surface area contributed by atoms with Crippen LogP contribution in [0.2, 0.25) is 0 Å². The molecule has 3 heterocycles. The first-order valence-electron chi connectivity index (χ1n) is 8.70. The third-order valence-electron chi connectivity index (χ3n) is 6.02. The van der Waals surface area contributed by atoms with Gasteiger partial charge in [-0.3, -0.25) is 9.69 Å². The summed E-state index contributed by atoms with van der Waals surface area (Å²) in [6.07, 6.45) is 2.90. The molecule has 0 spiro atoms. The summed E-state index contributed by atoms with van der Waals surface area (Å²) in [5.74, 6) is 0.266. The molecule has 2 aliphatic heterocycles. The van der Waals surface area contributed by atoms with Crippen LogP contribution in [0.15, 0.2) is 6.20 Å². The van der Waals surface area contributed by atoms with E-state index in [1.807, 2.05) is 6.20 Å². The Labute approximate surface area is 147 Å². The largest absolute Gasteiger partial charge is 0.378 e. The molecule has 1 aromatic rings. The summed E-state index contributed by atoms with van der Waals surface area (Å²) in [6, 6.07) is 0. The number of thiazole rings is 1. The van der Waals surface area contributed by atoms with Gasteiger partial charge >= 0.3 is 0 Å². The van der Waals surface area contributed by atoms with Crippen LogP contribution in [0.5, 0.6) is 0 Å². The van der Waals surface area contributed by atoms with Gasteiger partial charge in [0.1, 0.15) is 0 Å². The zero-order valence-corrected chi connectivity index (χ0v) is 15.3. The van der Waals surface area contributed by atoms with Gasteiger partial charge in [-0.2, -0.15) is 0 Å². The number of amides is 1. The number of morpholine rings is 1. The molecule has 0 aromatic carbocycles. The second kappa shape index (κ2) is 5.68. The van der Waals surface area contributed by atoms with Crippen molar-refractivity contribution in [3.8, 4) is 0 Å². The molecular weight excluding hydrogens is 324 g/mol. The molecule has 6 nitrogen and oxygen atoms in total. The molecule has 1 aromatic heterocycles. The number of likely N-dealkylation sites (tertiary alicyclic amines) is 1. The van der Waals surface area contributed by atoms with Crippen molar-refractivity contribution in [2.24, 2.45) is 22.5 Å². The van der Waals surface area contributed by atoms with E-state index >= 15 is 0 Å². The summed E-state index contributed by atoms with van der Waals surface area (Å²) >= 11 is 1.76. The SMILES string of the molecule is CC1(C)C[C@]2(C(N)=O)CN(Cc3cnc(N4CCOCC4)s3)C[C@H]12. The summed E-state index contributed by atoms with van der Waals surface area (Å²) in [5.41, 5.74) is 5.67. The van der Waals surface area contributed by atoms with Crippen LogP contribution in [-0.4, -0.2) is 55.2 Å². The Balaban J connectivity index is 1.43. The maximum atomic E-state index is 12.0. The van der Waals surface area contributed by atoms with Gasteiger partial charge in [-0.05, 0) is 17.8 Å². The number of rotatable bonds is 4. The zero-order valence-electron chi connectivity index (χ0n) is 14.5. The molecule has 2 N–H and O–H groups in total. The van der Waals surface area contributed by atoms with Crippen molar-refractivity contribution < 1.29 is 9.53 Å². The number of nitrogens with zero attached hydrogens (tertiary/aromatic N) is 3. The quantitative estimate of drug-likeness (QED) is 0.887. The average Bonchev–Trinajstić information content (AvgIpc) is 3.12. The molecule has 7 heteroatoms. The van der Waals surface area contributed by atoms with Crippen molar-refractivity contribution in [3.63, 3.8) is 0 Å². The maximum Gasteiger partial charge on any atom is 0.225 e. The summed E-state index contributed by atoms with van der Waals surface area (Å²) in [5, 5.41) is 1.08. The van der Waals surface area contributed by atoms with Gasteiger partial charge in [0.25, 0.3) is 0 Å². The number of aromatic nitrogens is 1. The summed E-state index contributed by atoms with van der Waals surface area (Å²) < 4.78 is 5.40. The minimum absolute atomic E-state index is 0.118. The van der Waals surface area contributed by atoms with E-state index in [1.165, 1.54) is 4.88 Å². The van der Waals surface area contributed by atoms with Crippen molar-refractivity contribution in [1.29, 1.82) is 0 Å². The van der Waals surface area contributed by atoms with Crippen LogP contribution in [0.4, 0.5) is 5.13 Å². The van der Waals surface area contributed by atoms with E-state index in [1.54, 1.807) is 11.3 Å². The Hall–Kier alpha value is -1.18. The van der Waals surface area contributed by atoms with Crippen molar-refractivity contribution in [2.45, 2.75) is 26.8 Å². The third kappa shape index (κ3) is 2.53. The number of hydrogen-bond donors (Lipinski definition) is 1. The lowest BCUT2D eigenvalue weighted by molar-refractivity contribution is -0.148. The summed E-state index contributed by atoms with van der Waals surface area (Å²) in [4.78, 5) is 22.6. The van der Waals surface area contributed by atoms with Gasteiger partial charge in [-0.1, -0.05) is 13.8 Å². The van der Waals surface area contributed by atoms with Crippen LogP contribution in [0, 0.1) is 16.7 Å². The highest BCUT2D eigenvalue weighted by Gasteiger charge is 2.65. The van der Waals surface area contributed by atoms with Crippen molar-refractivity contribution in [2.75, 3.05) is 44.3 Å². The van der Waals surface area contributed by atoms with Crippen LogP contribution >= 0.6 is 11.3 Å². The van der Waals surface area contributed by atoms with Gasteiger partial charge in [0.15, 0.2) is 5.13 Å². The van der Waals surface area contributed by atoms with Crippen molar-refractivity contribution in [1.82, 2.24) is 9.88 Å². The maximum absolute atomic E-state index is 12.0. The lowest BCUT2D eigenvalue weighted by Crippen LogP contribution is -2.59. The Morgan fingerprint density at radius 1 is 1.46 bits per heavy atom. The molecule has 0 bridgehead atoms. The predicted molar refractivity (Wildman–Crippen MR) is 93.9 cm³/mol. The van der Waals surface area contributed by atoms with Crippen LogP contribution in [0.3, 0.4) is 0 Å². The first-order valence-corrected chi connectivity index (χ1v) is 9.52. The lowest BCUT2D eigenvalue weighted by atomic mass is 9.48. The fraction of sp³-hybridized carbons (Fsp3) is 0.765. The van der Waals surface area contributed by atoms with E-state index < -0.39 is 0 Å². The molecule has 3 aliphatic rings. The highest BCUT2D eigenvalue weighted by atomic mass is 32.1. The Bertz CT molecular complexity index is 640. The summed E-state index contributed by atoms with van der Waals surface area (Å²) in [7, 11) is 0. The minimum atomic E-state index is -0.304. The molecule has 1 saturated carbocycles. The third-order valence-corrected chi connectivity index (χ3v) is 7.06. The number of carbonyl (C=O) groups excluding carboxylic acids is 1. The van der Waals surface area contributed by atoms with Gasteiger partial charge < -0.3 is 15.4 Å². The highest BCUT2D eigenvalue weighted by Crippen LogP contribution is 2.62. The Morgan fingerprint density at radius 2 is 2.21 bits per heavy atom. The molecule has 1 amide bonds. The van der Waals surface area contributed by atoms with Gasteiger partial charge in [0.05, 0.1) is 18.6 Å². The van der Waals surface area contributed by atoms with E-state index in [0.29, 0.717) is 5.92 Å². The van der Waals surface area contributed by atoms with Crippen molar-refractivity contribution >= 4 is 22.4 Å². The standard InChI is InChI=1S/C17H26N4O2S/c1-16(2)10-17(14(18)22)11-20(9-13(16)17)8-12-7-19-15(24-12)21-3-5-23-6-4-21/h7,13H,3-6,8-11H2,1-2H3,(H2,18,22)/t13-,17+/m1/s1. The first kappa shape index (κ1) is 16.3. The fourth-order valence-electron chi connectivity index (χ4n) is 4.93. The zero-order chi connectivity index (χ0) is 16.9. The number of carbonyl (C=O) groups is 1. The van der Waals surface area contributed by atoms with Crippen molar-refractivity contribution in [3.05, 3.63) is 11.1 Å². The van der Waals surface area contributed by atoms with Gasteiger partial charge in [-0.25, -0.2) is 4.98 Å². The number of hydrogen-bond acceptors (Lipinski definition) is 6. The number of fused-ring (bicyclic) bond motifs is 1. The molecule has 24 heavy (non-hydrogen) atoms. The molecule has 0 radical (unpaired) electrons. The van der Waals surface area contributed by atoms with E-state index in [-0.39, 0.29) is 16.7 Å². The molecule has 2 saturated heterocycles. The van der Waals surface area contributed by atoms with Gasteiger partial charge in [0, 0.05) is 43.8 Å². The fourth-order valence-corrected chi connectivity index (χ4v) is 5.94. The lowest BCUT2D eigenvalue weighted by Gasteiger charge is -2.54. The minimum Gasteiger partial charge on any atom is -0.378 e. The summed E-state index contributed by atoms with van der Waals surface area (Å²) in [6.45, 7) is 10.5. The van der Waals surface area contributed by atoms with Crippen LogP contribution in [0.25, 0.3) is 0 Å². The Kier molecular flexibility index (Phi) is 3.85. The normalized spacial score (nSPS) is 32.4. The van der Waals surface area contributed by atoms with Crippen LogP contribution < -0.4 is 10.6 Å². The highest BCUT2D eigenvalue weighted by molar-refractivity contribution is 7.15. The van der Waals surface area contributed by atoms with Gasteiger partial charge in [-0.15, -0.1) is 11.3 Å². The molecule has 2 atom stereocenters. The molecule has 3 fully saturated rings. The van der Waals surface area contributed by atoms with E-state index in [0.717, 1.165) is 57.5 Å². The molecule has 4 rings (SSSR count). The molecule has 132 valence electrons. The average molecular weight is 350 g/mol. The smallest absolute Gasteiger partial charge is 0.225 e. The second-order valence-electron chi connectivity index (χ2n) is 8.12. The van der Waals surface area contributed by atoms with Crippen LogP contribution in [-0.2, 0) is 16.1 Å². The molecule has 1 aliphatic carbocycles. The monoisotopic (exact) mass is 350 g/mol. The second-order valence-corrected chi connectivity index (χ2v) is 9.21. The van der Waals surface area contributed by atoms with E-state index in [9.17, 15) is 4.79 Å². The van der Waals surface area contributed by atoms with E-state index in [4.69, 9.17) is 10.5 Å². The number of anilines is 1. The van der Waals surface area contributed by atoms with Gasteiger partial charge in [0.2, 0.25) is 5.91 Å². The first-order chi connectivity index (χ1) is 11.4. The molecular formula is C17H26N4O2S. The van der Waals surface area contributed by atoms with E-state index in [2.05, 4.69) is 28.6 Å². The number of ether oxygens (including phenoxy) is 1. The number of nitrogens with two attached hydrogens (primary N) is 1. The Morgan fingerprint density at radius 3 is 2.83 bits per heavy atom.